The van der Waals surface area contributed by atoms with Crippen LogP contribution in [-0.4, -0.2) is 58.9 Å². The largest absolute Gasteiger partial charge is 0.406 e. The van der Waals surface area contributed by atoms with Gasteiger partial charge in [-0.05, 0) is 23.6 Å². The maximum atomic E-state index is 13.2. The van der Waals surface area contributed by atoms with Gasteiger partial charge in [-0.3, -0.25) is 9.36 Å². The number of thioether (sulfide) groups is 1. The molecule has 0 atom stereocenters. The molecule has 0 saturated carbocycles. The van der Waals surface area contributed by atoms with Crippen LogP contribution in [0.4, 0.5) is 24.8 Å². The quantitative estimate of drug-likeness (QED) is 0.481. The Kier molecular flexibility index (Phi) is 7.73. The molecule has 11 heteroatoms. The van der Waals surface area contributed by atoms with Crippen LogP contribution in [-0.2, 0) is 22.5 Å². The minimum Gasteiger partial charge on any atom is -0.378 e. The third kappa shape index (κ3) is 6.51. The fourth-order valence-corrected chi connectivity index (χ4v) is 4.36. The molecule has 2 aromatic carbocycles. The van der Waals surface area contributed by atoms with Gasteiger partial charge in [-0.1, -0.05) is 60.3 Å². The summed E-state index contributed by atoms with van der Waals surface area (Å²) < 4.78 is 46.0. The summed E-state index contributed by atoms with van der Waals surface area (Å²) in [6.07, 6.45) is -3.80. The number of morpholine rings is 1. The normalized spacial score (nSPS) is 14.3. The summed E-state index contributed by atoms with van der Waals surface area (Å²) in [6.45, 7) is 0.452. The number of halogens is 3. The van der Waals surface area contributed by atoms with Gasteiger partial charge in [0, 0.05) is 18.8 Å². The molecule has 0 spiro atoms. The molecule has 1 N–H and O–H groups in total. The van der Waals surface area contributed by atoms with Crippen molar-refractivity contribution in [2.24, 2.45) is 0 Å². The number of hydrogen-bond acceptors (Lipinski definition) is 6. The Morgan fingerprint density at radius 3 is 2.47 bits per heavy atom. The topological polar surface area (TPSA) is 72.3 Å². The zero-order chi connectivity index (χ0) is 24.0. The van der Waals surface area contributed by atoms with E-state index in [9.17, 15) is 18.0 Å². The molecule has 0 bridgehead atoms. The van der Waals surface area contributed by atoms with Crippen molar-refractivity contribution in [1.29, 1.82) is 0 Å². The van der Waals surface area contributed by atoms with Gasteiger partial charge < -0.3 is 15.0 Å². The zero-order valence-electron chi connectivity index (χ0n) is 18.3. The molecule has 1 aliphatic rings. The van der Waals surface area contributed by atoms with Crippen molar-refractivity contribution in [3.05, 3.63) is 65.7 Å². The van der Waals surface area contributed by atoms with E-state index in [1.54, 1.807) is 4.90 Å². The summed E-state index contributed by atoms with van der Waals surface area (Å²) in [5.74, 6) is -0.296. The van der Waals surface area contributed by atoms with Crippen LogP contribution in [0.25, 0.3) is 0 Å². The van der Waals surface area contributed by atoms with Crippen molar-refractivity contribution >= 4 is 29.3 Å². The van der Waals surface area contributed by atoms with Gasteiger partial charge in [0.15, 0.2) is 5.16 Å². The number of anilines is 2. The van der Waals surface area contributed by atoms with Crippen LogP contribution in [0, 0.1) is 0 Å². The molecule has 4 rings (SSSR count). The minimum atomic E-state index is -4.45. The first kappa shape index (κ1) is 24.1. The van der Waals surface area contributed by atoms with E-state index in [2.05, 4.69) is 15.5 Å². The monoisotopic (exact) mass is 491 g/mol. The molecule has 3 aromatic rings. The first-order valence-electron chi connectivity index (χ1n) is 10.8. The number of nitrogens with one attached hydrogen (secondary N) is 1. The van der Waals surface area contributed by atoms with E-state index < -0.39 is 12.7 Å². The Bertz CT molecular complexity index is 1100. The first-order valence-corrected chi connectivity index (χ1v) is 11.7. The molecule has 0 unspecified atom stereocenters. The van der Waals surface area contributed by atoms with Gasteiger partial charge in [0.25, 0.3) is 0 Å². The number of para-hydroxylation sites is 1. The number of aromatic nitrogens is 3. The van der Waals surface area contributed by atoms with Crippen LogP contribution in [0.3, 0.4) is 0 Å². The van der Waals surface area contributed by atoms with Crippen molar-refractivity contribution in [2.45, 2.75) is 24.3 Å². The summed E-state index contributed by atoms with van der Waals surface area (Å²) in [7, 11) is 0. The number of alkyl halides is 3. The van der Waals surface area contributed by atoms with Gasteiger partial charge in [0.1, 0.15) is 6.54 Å². The second kappa shape index (κ2) is 10.9. The molecule has 1 amide bonds. The lowest BCUT2D eigenvalue weighted by atomic mass is 10.0. The van der Waals surface area contributed by atoms with E-state index in [0.717, 1.165) is 27.5 Å². The molecule has 1 saturated heterocycles. The molecule has 1 fully saturated rings. The average molecular weight is 492 g/mol. The molecular formula is C23H24F3N5O2S. The third-order valence-electron chi connectivity index (χ3n) is 5.19. The Balaban J connectivity index is 1.44. The van der Waals surface area contributed by atoms with E-state index in [-0.39, 0.29) is 22.8 Å². The summed E-state index contributed by atoms with van der Waals surface area (Å²) in [5, 5.41) is 10.8. The highest BCUT2D eigenvalue weighted by Gasteiger charge is 2.33. The predicted molar refractivity (Wildman–Crippen MR) is 124 cm³/mol. The predicted octanol–water partition coefficient (Wildman–Crippen LogP) is 4.00. The number of carbonyl (C=O) groups excluding carboxylic acids is 1. The number of rotatable bonds is 8. The van der Waals surface area contributed by atoms with E-state index in [0.29, 0.717) is 38.4 Å². The van der Waals surface area contributed by atoms with Crippen LogP contribution in [0.1, 0.15) is 11.1 Å². The molecule has 2 heterocycles. The number of nitrogens with zero attached hydrogens (tertiary/aromatic N) is 4. The van der Waals surface area contributed by atoms with Crippen LogP contribution in [0.2, 0.25) is 0 Å². The Labute approximate surface area is 199 Å². The Morgan fingerprint density at radius 2 is 1.74 bits per heavy atom. The Hall–Kier alpha value is -3.05. The van der Waals surface area contributed by atoms with Crippen molar-refractivity contribution in [1.82, 2.24) is 14.8 Å². The average Bonchev–Trinajstić information content (AvgIpc) is 3.21. The maximum absolute atomic E-state index is 13.2. The molecular weight excluding hydrogens is 467 g/mol. The van der Waals surface area contributed by atoms with Gasteiger partial charge in [0.05, 0.1) is 19.0 Å². The molecule has 1 aromatic heterocycles. The van der Waals surface area contributed by atoms with E-state index in [1.807, 2.05) is 54.6 Å². The zero-order valence-corrected chi connectivity index (χ0v) is 19.1. The lowest BCUT2D eigenvalue weighted by Gasteiger charge is -2.28. The molecule has 1 aliphatic heterocycles. The van der Waals surface area contributed by atoms with Gasteiger partial charge in [-0.2, -0.15) is 13.2 Å². The highest BCUT2D eigenvalue weighted by molar-refractivity contribution is 7.99. The third-order valence-corrected chi connectivity index (χ3v) is 6.16. The molecule has 0 aliphatic carbocycles. The number of benzene rings is 2. The van der Waals surface area contributed by atoms with E-state index >= 15 is 0 Å². The van der Waals surface area contributed by atoms with Crippen molar-refractivity contribution < 1.29 is 22.7 Å². The SMILES string of the molecule is O=C(CSc1nnc(N2CCOCC2)n1CC(F)(F)F)Nc1ccccc1Cc1ccccc1. The fraction of sp³-hybridized carbons (Fsp3) is 0.348. The number of ether oxygens (including phenoxy) is 1. The molecule has 7 nitrogen and oxygen atoms in total. The summed E-state index contributed by atoms with van der Waals surface area (Å²) in [5.41, 5.74) is 2.72. The van der Waals surface area contributed by atoms with Crippen LogP contribution in [0.15, 0.2) is 59.8 Å². The van der Waals surface area contributed by atoms with E-state index in [4.69, 9.17) is 4.74 Å². The van der Waals surface area contributed by atoms with Crippen LogP contribution < -0.4 is 10.2 Å². The van der Waals surface area contributed by atoms with Gasteiger partial charge in [0.2, 0.25) is 11.9 Å². The second-order valence-electron chi connectivity index (χ2n) is 7.74. The Morgan fingerprint density at radius 1 is 1.03 bits per heavy atom. The summed E-state index contributed by atoms with van der Waals surface area (Å²) in [6, 6.07) is 17.3. The van der Waals surface area contributed by atoms with Gasteiger partial charge in [-0.25, -0.2) is 0 Å². The number of carbonyl (C=O) groups is 1. The van der Waals surface area contributed by atoms with Gasteiger partial charge in [-0.15, -0.1) is 10.2 Å². The summed E-state index contributed by atoms with van der Waals surface area (Å²) in [4.78, 5) is 14.4. The van der Waals surface area contributed by atoms with E-state index in [1.165, 1.54) is 0 Å². The fourth-order valence-electron chi connectivity index (χ4n) is 3.63. The van der Waals surface area contributed by atoms with Crippen LogP contribution >= 0.6 is 11.8 Å². The molecule has 0 radical (unpaired) electrons. The highest BCUT2D eigenvalue weighted by atomic mass is 32.2. The first-order chi connectivity index (χ1) is 16.4. The minimum absolute atomic E-state index is 0.0477. The standard InChI is InChI=1S/C23H24F3N5O2S/c24-23(25,26)16-31-21(30-10-12-33-13-11-30)28-29-22(31)34-15-20(32)27-19-9-5-4-8-18(19)14-17-6-2-1-3-7-17/h1-9H,10-16H2,(H,27,32). The maximum Gasteiger partial charge on any atom is 0.406 e. The number of amides is 1. The van der Waals surface area contributed by atoms with Crippen molar-refractivity contribution in [3.63, 3.8) is 0 Å². The second-order valence-corrected chi connectivity index (χ2v) is 8.68. The van der Waals surface area contributed by atoms with Crippen molar-refractivity contribution in [2.75, 3.05) is 42.3 Å². The lowest BCUT2D eigenvalue weighted by molar-refractivity contribution is -0.141. The highest BCUT2D eigenvalue weighted by Crippen LogP contribution is 2.28. The molecule has 180 valence electrons. The lowest BCUT2D eigenvalue weighted by Crippen LogP contribution is -2.38. The van der Waals surface area contributed by atoms with Crippen LogP contribution in [0.5, 0.6) is 0 Å². The van der Waals surface area contributed by atoms with Crippen molar-refractivity contribution in [3.8, 4) is 0 Å². The van der Waals surface area contributed by atoms with Gasteiger partial charge >= 0.3 is 6.18 Å². The number of hydrogen-bond donors (Lipinski definition) is 1. The summed E-state index contributed by atoms with van der Waals surface area (Å²) >= 11 is 0.929. The molecule has 34 heavy (non-hydrogen) atoms. The smallest absolute Gasteiger partial charge is 0.378 e.